The first-order valence-electron chi connectivity index (χ1n) is 6.16. The molecule has 17 heavy (non-hydrogen) atoms. The summed E-state index contributed by atoms with van der Waals surface area (Å²) in [5.74, 6) is 0. The normalized spacial score (nSPS) is 15.7. The fourth-order valence-electron chi connectivity index (χ4n) is 2.68. The van der Waals surface area contributed by atoms with Gasteiger partial charge in [-0.05, 0) is 43.5 Å². The molecule has 3 heteroatoms. The van der Waals surface area contributed by atoms with E-state index >= 15 is 0 Å². The molecular formula is C14H17N3. The third-order valence-electron chi connectivity index (χ3n) is 3.60. The van der Waals surface area contributed by atoms with Gasteiger partial charge in [0.2, 0.25) is 0 Å². The Morgan fingerprint density at radius 2 is 2.06 bits per heavy atom. The van der Waals surface area contributed by atoms with E-state index in [0.717, 1.165) is 29.7 Å². The molecule has 0 bridgehead atoms. The number of hydrogen-bond acceptors (Lipinski definition) is 3. The van der Waals surface area contributed by atoms with Gasteiger partial charge >= 0.3 is 0 Å². The smallest absolute Gasteiger partial charge is 0.0772 e. The lowest BCUT2D eigenvalue weighted by molar-refractivity contribution is 0.949. The quantitative estimate of drug-likeness (QED) is 0.762. The van der Waals surface area contributed by atoms with Gasteiger partial charge in [0.1, 0.15) is 0 Å². The lowest BCUT2D eigenvalue weighted by atomic mass is 10.1. The number of nitrogen functional groups attached to an aromatic ring is 1. The molecule has 2 heterocycles. The van der Waals surface area contributed by atoms with Crippen molar-refractivity contribution in [1.82, 2.24) is 4.98 Å². The molecule has 0 aliphatic carbocycles. The summed E-state index contributed by atoms with van der Waals surface area (Å²) < 4.78 is 0. The molecule has 0 saturated carbocycles. The molecule has 2 N–H and O–H groups in total. The molecule has 2 aromatic rings. The molecule has 1 fully saturated rings. The maximum Gasteiger partial charge on any atom is 0.0772 e. The van der Waals surface area contributed by atoms with E-state index in [4.69, 9.17) is 5.73 Å². The van der Waals surface area contributed by atoms with Crippen molar-refractivity contribution >= 4 is 22.3 Å². The SMILES string of the molecule is Cc1c(N2CCCC2)cc(N)c2cccnc12. The van der Waals surface area contributed by atoms with Crippen LogP contribution in [0.4, 0.5) is 11.4 Å². The highest BCUT2D eigenvalue weighted by Crippen LogP contribution is 2.33. The molecule has 0 amide bonds. The topological polar surface area (TPSA) is 42.1 Å². The van der Waals surface area contributed by atoms with Gasteiger partial charge in [0.05, 0.1) is 5.52 Å². The Balaban J connectivity index is 2.22. The summed E-state index contributed by atoms with van der Waals surface area (Å²) in [6.07, 6.45) is 4.39. The summed E-state index contributed by atoms with van der Waals surface area (Å²) in [6, 6.07) is 6.08. The molecule has 1 aromatic carbocycles. The summed E-state index contributed by atoms with van der Waals surface area (Å²) in [5.41, 5.74) is 10.5. The molecule has 0 spiro atoms. The minimum absolute atomic E-state index is 0.834. The third-order valence-corrected chi connectivity index (χ3v) is 3.60. The largest absolute Gasteiger partial charge is 0.398 e. The number of aryl methyl sites for hydroxylation is 1. The van der Waals surface area contributed by atoms with Crippen LogP contribution in [0.3, 0.4) is 0 Å². The van der Waals surface area contributed by atoms with E-state index in [2.05, 4.69) is 22.9 Å². The molecule has 1 saturated heterocycles. The standard InChI is InChI=1S/C14H17N3/c1-10-13(17-7-2-3-8-17)9-12(15)11-5-4-6-16-14(10)11/h4-6,9H,2-3,7-8,15H2,1H3. The second kappa shape index (κ2) is 3.91. The Labute approximate surface area is 101 Å². The van der Waals surface area contributed by atoms with E-state index in [1.807, 2.05) is 18.3 Å². The zero-order valence-corrected chi connectivity index (χ0v) is 10.1. The molecule has 0 atom stereocenters. The first kappa shape index (κ1) is 10.4. The van der Waals surface area contributed by atoms with Crippen molar-refractivity contribution in [2.45, 2.75) is 19.8 Å². The Kier molecular flexibility index (Phi) is 2.39. The van der Waals surface area contributed by atoms with Crippen molar-refractivity contribution in [3.05, 3.63) is 30.0 Å². The molecule has 0 unspecified atom stereocenters. The highest BCUT2D eigenvalue weighted by atomic mass is 15.1. The monoisotopic (exact) mass is 227 g/mol. The summed E-state index contributed by atoms with van der Waals surface area (Å²) in [4.78, 5) is 6.88. The number of rotatable bonds is 1. The van der Waals surface area contributed by atoms with Crippen LogP contribution < -0.4 is 10.6 Å². The Morgan fingerprint density at radius 3 is 2.82 bits per heavy atom. The highest BCUT2D eigenvalue weighted by molar-refractivity contribution is 5.96. The highest BCUT2D eigenvalue weighted by Gasteiger charge is 2.17. The Morgan fingerprint density at radius 1 is 1.29 bits per heavy atom. The van der Waals surface area contributed by atoms with Crippen molar-refractivity contribution in [3.8, 4) is 0 Å². The van der Waals surface area contributed by atoms with Gasteiger partial charge in [-0.1, -0.05) is 0 Å². The molecule has 3 nitrogen and oxygen atoms in total. The fraction of sp³-hybridized carbons (Fsp3) is 0.357. The van der Waals surface area contributed by atoms with Crippen LogP contribution in [0.1, 0.15) is 18.4 Å². The number of anilines is 2. The van der Waals surface area contributed by atoms with Gasteiger partial charge in [-0.15, -0.1) is 0 Å². The number of pyridine rings is 1. The number of aromatic nitrogens is 1. The number of hydrogen-bond donors (Lipinski definition) is 1. The van der Waals surface area contributed by atoms with E-state index in [-0.39, 0.29) is 0 Å². The average molecular weight is 227 g/mol. The summed E-state index contributed by atoms with van der Waals surface area (Å²) in [7, 11) is 0. The second-order valence-electron chi connectivity index (χ2n) is 4.70. The number of nitrogens with two attached hydrogens (primary N) is 1. The zero-order valence-electron chi connectivity index (χ0n) is 10.1. The average Bonchev–Trinajstić information content (AvgIpc) is 2.87. The van der Waals surface area contributed by atoms with Gasteiger partial charge < -0.3 is 10.6 Å². The van der Waals surface area contributed by atoms with Crippen LogP contribution in [0.5, 0.6) is 0 Å². The van der Waals surface area contributed by atoms with Crippen molar-refractivity contribution in [2.24, 2.45) is 0 Å². The number of benzene rings is 1. The van der Waals surface area contributed by atoms with Crippen LogP contribution in [0.2, 0.25) is 0 Å². The van der Waals surface area contributed by atoms with E-state index in [9.17, 15) is 0 Å². The van der Waals surface area contributed by atoms with E-state index in [1.165, 1.54) is 24.1 Å². The van der Waals surface area contributed by atoms with Crippen LogP contribution in [0.25, 0.3) is 10.9 Å². The van der Waals surface area contributed by atoms with Crippen LogP contribution in [0.15, 0.2) is 24.4 Å². The molecule has 0 radical (unpaired) electrons. The Hall–Kier alpha value is -1.77. The van der Waals surface area contributed by atoms with Gasteiger partial charge in [-0.25, -0.2) is 0 Å². The molecule has 1 aromatic heterocycles. The van der Waals surface area contributed by atoms with Crippen molar-refractivity contribution in [2.75, 3.05) is 23.7 Å². The summed E-state index contributed by atoms with van der Waals surface area (Å²) >= 11 is 0. The number of fused-ring (bicyclic) bond motifs is 1. The lowest BCUT2D eigenvalue weighted by Gasteiger charge is -2.21. The van der Waals surface area contributed by atoms with Crippen molar-refractivity contribution in [3.63, 3.8) is 0 Å². The minimum Gasteiger partial charge on any atom is -0.398 e. The van der Waals surface area contributed by atoms with Gasteiger partial charge in [0.25, 0.3) is 0 Å². The van der Waals surface area contributed by atoms with Crippen LogP contribution in [-0.2, 0) is 0 Å². The van der Waals surface area contributed by atoms with Crippen LogP contribution in [-0.4, -0.2) is 18.1 Å². The molecule has 88 valence electrons. The Bertz CT molecular complexity index is 557. The third kappa shape index (κ3) is 1.62. The summed E-state index contributed by atoms with van der Waals surface area (Å²) in [6.45, 7) is 4.42. The number of nitrogens with zero attached hydrogens (tertiary/aromatic N) is 2. The van der Waals surface area contributed by atoms with Crippen LogP contribution in [0, 0.1) is 6.92 Å². The zero-order chi connectivity index (χ0) is 11.8. The van der Waals surface area contributed by atoms with E-state index in [1.54, 1.807) is 0 Å². The van der Waals surface area contributed by atoms with Gasteiger partial charge in [-0.2, -0.15) is 0 Å². The molecule has 1 aliphatic rings. The lowest BCUT2D eigenvalue weighted by Crippen LogP contribution is -2.19. The minimum atomic E-state index is 0.834. The molecular weight excluding hydrogens is 210 g/mol. The van der Waals surface area contributed by atoms with Gasteiger partial charge in [-0.3, -0.25) is 4.98 Å². The first-order chi connectivity index (χ1) is 8.27. The molecule has 1 aliphatic heterocycles. The van der Waals surface area contributed by atoms with Crippen molar-refractivity contribution < 1.29 is 0 Å². The fourth-order valence-corrected chi connectivity index (χ4v) is 2.68. The molecule has 3 rings (SSSR count). The first-order valence-corrected chi connectivity index (χ1v) is 6.16. The van der Waals surface area contributed by atoms with Gasteiger partial charge in [0, 0.05) is 36.0 Å². The maximum atomic E-state index is 6.13. The maximum absolute atomic E-state index is 6.13. The van der Waals surface area contributed by atoms with Crippen LogP contribution >= 0.6 is 0 Å². The van der Waals surface area contributed by atoms with Crippen molar-refractivity contribution in [1.29, 1.82) is 0 Å². The van der Waals surface area contributed by atoms with E-state index < -0.39 is 0 Å². The predicted octanol–water partition coefficient (Wildman–Crippen LogP) is 2.73. The van der Waals surface area contributed by atoms with E-state index in [0.29, 0.717) is 0 Å². The summed E-state index contributed by atoms with van der Waals surface area (Å²) in [5, 5.41) is 1.06. The van der Waals surface area contributed by atoms with Gasteiger partial charge in [0.15, 0.2) is 0 Å². The second-order valence-corrected chi connectivity index (χ2v) is 4.70. The predicted molar refractivity (Wildman–Crippen MR) is 72.3 cm³/mol.